The van der Waals surface area contributed by atoms with Gasteiger partial charge in [-0.15, -0.1) is 10.2 Å². The molecule has 4 aromatic carbocycles. The number of nitrogens with one attached hydrogen (secondary N) is 1. The Kier molecular flexibility index (Phi) is 6.49. The van der Waals surface area contributed by atoms with Crippen molar-refractivity contribution in [2.75, 3.05) is 12.4 Å². The van der Waals surface area contributed by atoms with Gasteiger partial charge in [0.2, 0.25) is 0 Å². The maximum atomic E-state index is 12.7. The number of halogens is 1. The smallest absolute Gasteiger partial charge is 0.261 e. The van der Waals surface area contributed by atoms with Crippen LogP contribution in [0.15, 0.2) is 94.0 Å². The average molecular weight is 496 g/mol. The number of hydrogen-bond acceptors (Lipinski definition) is 7. The van der Waals surface area contributed by atoms with Crippen LogP contribution >= 0.6 is 10.7 Å². The number of hydrogen-bond donors (Lipinski definition) is 2. The van der Waals surface area contributed by atoms with Crippen LogP contribution in [0, 0.1) is 0 Å². The number of benzene rings is 4. The molecule has 0 saturated heterocycles. The van der Waals surface area contributed by atoms with Crippen molar-refractivity contribution in [2.45, 2.75) is 4.90 Å². The Balaban J connectivity index is 1.85. The van der Waals surface area contributed by atoms with Crippen LogP contribution in [0.1, 0.15) is 10.4 Å². The first-order valence-corrected chi connectivity index (χ1v) is 12.2. The lowest BCUT2D eigenvalue weighted by Crippen LogP contribution is -2.12. The molecule has 0 aliphatic carbocycles. The molecule has 172 valence electrons. The molecule has 0 bridgehead atoms. The summed E-state index contributed by atoms with van der Waals surface area (Å²) in [6.45, 7) is 0. The number of amides is 1. The van der Waals surface area contributed by atoms with Crippen LogP contribution in [-0.4, -0.2) is 26.5 Å². The van der Waals surface area contributed by atoms with Crippen molar-refractivity contribution in [3.63, 3.8) is 0 Å². The Bertz CT molecular complexity index is 1520. The normalized spacial score (nSPS) is 11.6. The average Bonchev–Trinajstić information content (AvgIpc) is 2.83. The summed E-state index contributed by atoms with van der Waals surface area (Å²) in [6.07, 6.45) is 0. The molecule has 0 unspecified atom stereocenters. The summed E-state index contributed by atoms with van der Waals surface area (Å²) in [5.74, 6) is -0.330. The van der Waals surface area contributed by atoms with E-state index in [0.29, 0.717) is 17.0 Å². The Hall–Kier alpha value is -3.95. The van der Waals surface area contributed by atoms with Crippen LogP contribution in [0.3, 0.4) is 0 Å². The number of carbonyl (C=O) groups is 1. The Morgan fingerprint density at radius 1 is 0.912 bits per heavy atom. The summed E-state index contributed by atoms with van der Waals surface area (Å²) in [5.41, 5.74) is 1.05. The fourth-order valence-corrected chi connectivity index (χ4v) is 4.46. The van der Waals surface area contributed by atoms with E-state index in [-0.39, 0.29) is 32.8 Å². The lowest BCUT2D eigenvalue weighted by Gasteiger charge is -2.13. The summed E-state index contributed by atoms with van der Waals surface area (Å²) >= 11 is 0. The van der Waals surface area contributed by atoms with E-state index in [4.69, 9.17) is 15.4 Å². The molecule has 0 fully saturated rings. The van der Waals surface area contributed by atoms with Gasteiger partial charge in [0, 0.05) is 21.6 Å². The molecule has 0 aromatic heterocycles. The van der Waals surface area contributed by atoms with Gasteiger partial charge in [0.05, 0.1) is 23.1 Å². The predicted molar refractivity (Wildman–Crippen MR) is 130 cm³/mol. The lowest BCUT2D eigenvalue weighted by atomic mass is 10.1. The Morgan fingerprint density at radius 3 is 2.29 bits per heavy atom. The minimum Gasteiger partial charge on any atom is -0.505 e. The zero-order valence-electron chi connectivity index (χ0n) is 17.8. The molecule has 10 heteroatoms. The zero-order chi connectivity index (χ0) is 24.3. The second-order valence-corrected chi connectivity index (χ2v) is 9.63. The summed E-state index contributed by atoms with van der Waals surface area (Å²) in [6, 6.07) is 20.9. The third-order valence-corrected chi connectivity index (χ3v) is 6.37. The number of phenols is 1. The van der Waals surface area contributed by atoms with E-state index in [0.717, 1.165) is 0 Å². The van der Waals surface area contributed by atoms with E-state index in [1.54, 1.807) is 54.6 Å². The standard InChI is InChI=1S/C24H18ClN3O5S/c1-33-20-10-6-5-9-17(20)27-28-19-12-11-16-21(34(25,31)32)14-13-18(22(16)23(19)29)26-24(30)15-7-3-2-4-8-15/h2-14,29H,1H3,(H,26,30). The molecule has 4 aromatic rings. The molecule has 0 saturated carbocycles. The monoisotopic (exact) mass is 495 g/mol. The first-order valence-electron chi connectivity index (χ1n) is 9.94. The molecule has 0 radical (unpaired) electrons. The fourth-order valence-electron chi connectivity index (χ4n) is 3.39. The SMILES string of the molecule is COc1ccccc1N=Nc1ccc2c(S(=O)(=O)Cl)ccc(NC(=O)c3ccccc3)c2c1O. The van der Waals surface area contributed by atoms with E-state index < -0.39 is 15.0 Å². The molecule has 0 aliphatic heterocycles. The topological polar surface area (TPSA) is 117 Å². The van der Waals surface area contributed by atoms with Crippen molar-refractivity contribution in [1.82, 2.24) is 0 Å². The van der Waals surface area contributed by atoms with E-state index in [2.05, 4.69) is 15.5 Å². The number of carbonyl (C=O) groups excluding carboxylic acids is 1. The summed E-state index contributed by atoms with van der Waals surface area (Å²) in [5, 5.41) is 22.2. The van der Waals surface area contributed by atoms with Crippen molar-refractivity contribution in [3.05, 3.63) is 84.4 Å². The van der Waals surface area contributed by atoms with Crippen LogP contribution in [-0.2, 0) is 9.05 Å². The summed E-state index contributed by atoms with van der Waals surface area (Å²) in [7, 11) is 2.96. The second-order valence-electron chi connectivity index (χ2n) is 7.10. The van der Waals surface area contributed by atoms with Gasteiger partial charge in [0.15, 0.2) is 5.75 Å². The zero-order valence-corrected chi connectivity index (χ0v) is 19.3. The van der Waals surface area contributed by atoms with Crippen molar-refractivity contribution in [3.8, 4) is 11.5 Å². The molecule has 0 atom stereocenters. The Labute approximate surface area is 199 Å². The number of methoxy groups -OCH3 is 1. The van der Waals surface area contributed by atoms with Gasteiger partial charge < -0.3 is 15.2 Å². The van der Waals surface area contributed by atoms with Gasteiger partial charge in [-0.2, -0.15) is 0 Å². The highest BCUT2D eigenvalue weighted by molar-refractivity contribution is 8.14. The van der Waals surface area contributed by atoms with Gasteiger partial charge in [-0.05, 0) is 42.5 Å². The molecule has 1 amide bonds. The third-order valence-electron chi connectivity index (χ3n) is 4.99. The highest BCUT2D eigenvalue weighted by Crippen LogP contribution is 2.43. The molecule has 0 aliphatic rings. The predicted octanol–water partition coefficient (Wildman–Crippen LogP) is 6.15. The molecule has 4 rings (SSSR count). The fraction of sp³-hybridized carbons (Fsp3) is 0.0417. The first kappa shape index (κ1) is 23.2. The van der Waals surface area contributed by atoms with Crippen LogP contribution in [0.2, 0.25) is 0 Å². The number of aromatic hydroxyl groups is 1. The number of phenolic OH excluding ortho intramolecular Hbond substituents is 1. The van der Waals surface area contributed by atoms with E-state index in [1.165, 1.54) is 31.4 Å². The van der Waals surface area contributed by atoms with Crippen LogP contribution < -0.4 is 10.1 Å². The summed E-state index contributed by atoms with van der Waals surface area (Å²) < 4.78 is 29.5. The number of ether oxygens (including phenoxy) is 1. The van der Waals surface area contributed by atoms with Crippen molar-refractivity contribution >= 4 is 53.5 Å². The number of rotatable bonds is 6. The minimum absolute atomic E-state index is 0.0535. The van der Waals surface area contributed by atoms with Gasteiger partial charge in [0.25, 0.3) is 15.0 Å². The molecular weight excluding hydrogens is 478 g/mol. The van der Waals surface area contributed by atoms with Crippen LogP contribution in [0.25, 0.3) is 10.8 Å². The first-order chi connectivity index (χ1) is 16.3. The number of azo groups is 1. The number of anilines is 1. The van der Waals surface area contributed by atoms with E-state index in [1.807, 2.05) is 0 Å². The van der Waals surface area contributed by atoms with E-state index in [9.17, 15) is 18.3 Å². The summed E-state index contributed by atoms with van der Waals surface area (Å²) in [4.78, 5) is 12.5. The minimum atomic E-state index is -4.14. The molecule has 0 heterocycles. The van der Waals surface area contributed by atoms with Crippen molar-refractivity contribution in [2.24, 2.45) is 10.2 Å². The third kappa shape index (κ3) is 4.70. The quantitative estimate of drug-likeness (QED) is 0.246. The Morgan fingerprint density at radius 2 is 1.59 bits per heavy atom. The van der Waals surface area contributed by atoms with Gasteiger partial charge in [0.1, 0.15) is 17.1 Å². The second kappa shape index (κ2) is 9.50. The van der Waals surface area contributed by atoms with Gasteiger partial charge in [-0.25, -0.2) is 8.42 Å². The molecule has 34 heavy (non-hydrogen) atoms. The van der Waals surface area contributed by atoms with Gasteiger partial charge in [-0.3, -0.25) is 4.79 Å². The molecular formula is C24H18ClN3O5S. The van der Waals surface area contributed by atoms with Crippen LogP contribution in [0.4, 0.5) is 17.1 Å². The highest BCUT2D eigenvalue weighted by Gasteiger charge is 2.21. The maximum absolute atomic E-state index is 12.7. The van der Waals surface area contributed by atoms with Gasteiger partial charge in [-0.1, -0.05) is 36.4 Å². The maximum Gasteiger partial charge on any atom is 0.261 e. The van der Waals surface area contributed by atoms with Crippen molar-refractivity contribution < 1.29 is 23.1 Å². The largest absolute Gasteiger partial charge is 0.505 e. The van der Waals surface area contributed by atoms with Crippen molar-refractivity contribution in [1.29, 1.82) is 0 Å². The lowest BCUT2D eigenvalue weighted by molar-refractivity contribution is 0.102. The molecule has 8 nitrogen and oxygen atoms in total. The van der Waals surface area contributed by atoms with Gasteiger partial charge >= 0.3 is 0 Å². The van der Waals surface area contributed by atoms with E-state index >= 15 is 0 Å². The molecule has 2 N–H and O–H groups in total. The number of fused-ring (bicyclic) bond motifs is 1. The number of para-hydroxylation sites is 1. The highest BCUT2D eigenvalue weighted by atomic mass is 35.7. The number of nitrogens with zero attached hydrogens (tertiary/aromatic N) is 2. The van der Waals surface area contributed by atoms with Crippen LogP contribution in [0.5, 0.6) is 11.5 Å². The molecule has 0 spiro atoms.